The Morgan fingerprint density at radius 1 is 1.00 bits per heavy atom. The molecule has 0 atom stereocenters. The van der Waals surface area contributed by atoms with Crippen LogP contribution in [0.3, 0.4) is 0 Å². The molecule has 0 heteroatoms. The van der Waals surface area contributed by atoms with Crippen molar-refractivity contribution in [2.24, 2.45) is 0 Å². The van der Waals surface area contributed by atoms with Crippen LogP contribution in [0.1, 0.15) is 53.6 Å². The molecule has 0 aliphatic heterocycles. The van der Waals surface area contributed by atoms with Gasteiger partial charge in [-0.1, -0.05) is 49.1 Å². The van der Waals surface area contributed by atoms with Crippen molar-refractivity contribution >= 4 is 24.3 Å². The van der Waals surface area contributed by atoms with Crippen molar-refractivity contribution in [1.29, 1.82) is 0 Å². The Hall–Kier alpha value is -1.82. The summed E-state index contributed by atoms with van der Waals surface area (Å²) in [5.74, 6) is 0. The molecule has 0 saturated heterocycles. The van der Waals surface area contributed by atoms with E-state index in [1.165, 1.54) is 39.0 Å². The van der Waals surface area contributed by atoms with Gasteiger partial charge in [0.15, 0.2) is 0 Å². The molecule has 0 aromatic heterocycles. The Morgan fingerprint density at radius 3 is 2.26 bits per heavy atom. The molecule has 0 saturated carbocycles. The molecule has 1 aliphatic rings. The summed E-state index contributed by atoms with van der Waals surface area (Å²) in [7, 11) is 0. The van der Waals surface area contributed by atoms with E-state index in [1.807, 2.05) is 12.2 Å². The van der Waals surface area contributed by atoms with Crippen LogP contribution in [-0.2, 0) is 6.42 Å². The second-order valence-electron chi connectivity index (χ2n) is 5.16. The van der Waals surface area contributed by atoms with Gasteiger partial charge < -0.3 is 0 Å². The molecule has 0 fully saturated rings. The molecule has 0 heterocycles. The van der Waals surface area contributed by atoms with Crippen molar-refractivity contribution in [3.05, 3.63) is 58.2 Å². The lowest BCUT2D eigenvalue weighted by molar-refractivity contribution is 0.915. The molecular weight excluding hydrogens is 228 g/mol. The molecule has 1 aromatic carbocycles. The molecule has 19 heavy (non-hydrogen) atoms. The van der Waals surface area contributed by atoms with Crippen molar-refractivity contribution in [3.8, 4) is 0 Å². The number of hydrogen-bond donors (Lipinski definition) is 0. The predicted molar refractivity (Wildman–Crippen MR) is 88.0 cm³/mol. The summed E-state index contributed by atoms with van der Waals surface area (Å²) in [6.07, 6.45) is 12.8. The van der Waals surface area contributed by atoms with Crippen LogP contribution < -0.4 is 0 Å². The van der Waals surface area contributed by atoms with Crippen molar-refractivity contribution in [1.82, 2.24) is 0 Å². The van der Waals surface area contributed by atoms with Gasteiger partial charge in [0.05, 0.1) is 0 Å². The van der Waals surface area contributed by atoms with Crippen LogP contribution in [0.5, 0.6) is 0 Å². The Morgan fingerprint density at radius 2 is 1.68 bits per heavy atom. The third kappa shape index (κ3) is 2.23. The van der Waals surface area contributed by atoms with E-state index in [0.717, 1.165) is 12.8 Å². The van der Waals surface area contributed by atoms with Gasteiger partial charge in [0.1, 0.15) is 0 Å². The molecule has 0 N–H and O–H groups in total. The summed E-state index contributed by atoms with van der Waals surface area (Å²) < 4.78 is 0. The molecule has 0 radical (unpaired) electrons. The lowest BCUT2D eigenvalue weighted by Crippen LogP contribution is -2.07. The Kier molecular flexibility index (Phi) is 3.90. The van der Waals surface area contributed by atoms with Gasteiger partial charge in [0, 0.05) is 0 Å². The first-order valence-corrected chi connectivity index (χ1v) is 6.88. The van der Waals surface area contributed by atoms with E-state index >= 15 is 0 Å². The highest BCUT2D eigenvalue weighted by atomic mass is 14.2. The van der Waals surface area contributed by atoms with Crippen molar-refractivity contribution in [2.45, 2.75) is 33.6 Å². The van der Waals surface area contributed by atoms with Crippen LogP contribution in [0.4, 0.5) is 0 Å². The Bertz CT molecular complexity index is 595. The standard InChI is InChI=1S/C19H22/c1-6-9-17-14(5)18-11-10-13(4)12-19(18)16(8-3)15(17)7-2/h6-9,12H,2-3,10-11H2,1,4-5H3/b9-6-. The molecule has 1 aromatic rings. The van der Waals surface area contributed by atoms with Gasteiger partial charge in [-0.3, -0.25) is 0 Å². The minimum Gasteiger partial charge on any atom is -0.0984 e. The molecule has 0 bridgehead atoms. The van der Waals surface area contributed by atoms with E-state index < -0.39 is 0 Å². The summed E-state index contributed by atoms with van der Waals surface area (Å²) in [5.41, 5.74) is 9.37. The van der Waals surface area contributed by atoms with Crippen LogP contribution in [0, 0.1) is 6.92 Å². The molecule has 0 amide bonds. The zero-order valence-corrected chi connectivity index (χ0v) is 12.2. The van der Waals surface area contributed by atoms with Crippen molar-refractivity contribution in [2.75, 3.05) is 0 Å². The minimum absolute atomic E-state index is 1.13. The van der Waals surface area contributed by atoms with Crippen LogP contribution in [0.15, 0.2) is 24.8 Å². The maximum Gasteiger partial charge on any atom is -0.0109 e. The van der Waals surface area contributed by atoms with Crippen LogP contribution in [0.25, 0.3) is 24.3 Å². The summed E-state index contributed by atoms with van der Waals surface area (Å²) >= 11 is 0. The number of allylic oxidation sites excluding steroid dienone is 2. The predicted octanol–water partition coefficient (Wildman–Crippen LogP) is 5.66. The van der Waals surface area contributed by atoms with E-state index in [4.69, 9.17) is 0 Å². The zero-order chi connectivity index (χ0) is 14.0. The number of hydrogen-bond acceptors (Lipinski definition) is 0. The van der Waals surface area contributed by atoms with E-state index in [0.29, 0.717) is 0 Å². The first-order chi connectivity index (χ1) is 9.13. The number of fused-ring (bicyclic) bond motifs is 1. The fourth-order valence-electron chi connectivity index (χ4n) is 2.97. The fraction of sp³-hybridized carbons (Fsp3) is 0.263. The van der Waals surface area contributed by atoms with Crippen molar-refractivity contribution in [3.63, 3.8) is 0 Å². The average molecular weight is 250 g/mol. The minimum atomic E-state index is 1.13. The summed E-state index contributed by atoms with van der Waals surface area (Å²) in [6, 6.07) is 0. The first kappa shape index (κ1) is 13.6. The lowest BCUT2D eigenvalue weighted by atomic mass is 9.81. The third-order valence-corrected chi connectivity index (χ3v) is 3.95. The largest absolute Gasteiger partial charge is 0.0984 e. The summed E-state index contributed by atoms with van der Waals surface area (Å²) in [6.45, 7) is 14.5. The number of rotatable bonds is 3. The molecule has 1 aliphatic carbocycles. The second kappa shape index (κ2) is 5.44. The van der Waals surface area contributed by atoms with Gasteiger partial charge in [-0.25, -0.2) is 0 Å². The molecule has 2 rings (SSSR count). The first-order valence-electron chi connectivity index (χ1n) is 6.88. The van der Waals surface area contributed by atoms with E-state index in [1.54, 1.807) is 0 Å². The Balaban J connectivity index is 2.89. The maximum absolute atomic E-state index is 4.00. The van der Waals surface area contributed by atoms with Gasteiger partial charge in [-0.15, -0.1) is 0 Å². The monoisotopic (exact) mass is 250 g/mol. The molecule has 0 nitrogen and oxygen atoms in total. The fourth-order valence-corrected chi connectivity index (χ4v) is 2.97. The summed E-state index contributed by atoms with van der Waals surface area (Å²) in [5, 5.41) is 0. The summed E-state index contributed by atoms with van der Waals surface area (Å²) in [4.78, 5) is 0. The van der Waals surface area contributed by atoms with Crippen LogP contribution in [-0.4, -0.2) is 0 Å². The van der Waals surface area contributed by atoms with Gasteiger partial charge in [-0.2, -0.15) is 0 Å². The number of benzene rings is 1. The molecule has 98 valence electrons. The van der Waals surface area contributed by atoms with Gasteiger partial charge in [-0.05, 0) is 67.0 Å². The van der Waals surface area contributed by atoms with E-state index in [9.17, 15) is 0 Å². The van der Waals surface area contributed by atoms with E-state index in [-0.39, 0.29) is 0 Å². The maximum atomic E-state index is 4.00. The Labute approximate surface area is 116 Å². The zero-order valence-electron chi connectivity index (χ0n) is 12.2. The second-order valence-corrected chi connectivity index (χ2v) is 5.16. The van der Waals surface area contributed by atoms with Gasteiger partial charge in [0.2, 0.25) is 0 Å². The normalized spacial score (nSPS) is 14.2. The molecule has 0 unspecified atom stereocenters. The molecule has 0 spiro atoms. The van der Waals surface area contributed by atoms with Crippen LogP contribution >= 0.6 is 0 Å². The smallest absolute Gasteiger partial charge is 0.0109 e. The quantitative estimate of drug-likeness (QED) is 0.649. The van der Waals surface area contributed by atoms with Crippen LogP contribution in [0.2, 0.25) is 0 Å². The van der Waals surface area contributed by atoms with Gasteiger partial charge >= 0.3 is 0 Å². The molecular formula is C19H22. The van der Waals surface area contributed by atoms with E-state index in [2.05, 4.69) is 52.2 Å². The topological polar surface area (TPSA) is 0 Å². The lowest BCUT2D eigenvalue weighted by Gasteiger charge is -2.23. The SMILES string of the molecule is C=Cc1c(C=C)c(/C=C\C)c(C)c2c1C=C(C)CC2. The van der Waals surface area contributed by atoms with Gasteiger partial charge in [0.25, 0.3) is 0 Å². The third-order valence-electron chi connectivity index (χ3n) is 3.95. The highest BCUT2D eigenvalue weighted by molar-refractivity contribution is 5.83. The highest BCUT2D eigenvalue weighted by Gasteiger charge is 2.18. The highest BCUT2D eigenvalue weighted by Crippen LogP contribution is 2.36. The average Bonchev–Trinajstić information content (AvgIpc) is 2.41. The van der Waals surface area contributed by atoms with Crippen molar-refractivity contribution < 1.29 is 0 Å².